The van der Waals surface area contributed by atoms with Crippen molar-refractivity contribution in [3.8, 4) is 0 Å². The molecule has 2 aliphatic rings. The lowest BCUT2D eigenvalue weighted by Gasteiger charge is -2.36. The largest absolute Gasteiger partial charge is 0.416 e. The molecule has 3 rings (SSSR count). The van der Waals surface area contributed by atoms with E-state index in [1.165, 1.54) is 12.1 Å². The summed E-state index contributed by atoms with van der Waals surface area (Å²) in [7, 11) is 0. The van der Waals surface area contributed by atoms with Crippen LogP contribution in [0.4, 0.5) is 13.2 Å². The van der Waals surface area contributed by atoms with E-state index in [2.05, 4.69) is 0 Å². The molecule has 2 heterocycles. The topological polar surface area (TPSA) is 20.2 Å². The zero-order chi connectivity index (χ0) is 14.4. The summed E-state index contributed by atoms with van der Waals surface area (Å²) in [5.41, 5.74) is -0.587. The minimum atomic E-state index is -4.30. The Balaban J connectivity index is 1.71. The molecule has 0 radical (unpaired) electrons. The molecule has 1 aromatic rings. The van der Waals surface area contributed by atoms with Gasteiger partial charge >= 0.3 is 6.18 Å². The Hall–Kier alpha value is -0.680. The Morgan fingerprint density at radius 3 is 2.15 bits per heavy atom. The number of halogens is 3. The van der Waals surface area contributed by atoms with Crippen molar-refractivity contribution in [1.82, 2.24) is 0 Å². The number of thioether (sulfide) groups is 1. The molecule has 2 fully saturated rings. The van der Waals surface area contributed by atoms with Crippen LogP contribution in [0.3, 0.4) is 0 Å². The number of hydrogen-bond donors (Lipinski definition) is 1. The number of fused-ring (bicyclic) bond motifs is 2. The van der Waals surface area contributed by atoms with Crippen molar-refractivity contribution in [2.75, 3.05) is 0 Å². The van der Waals surface area contributed by atoms with Crippen LogP contribution in [-0.4, -0.2) is 21.2 Å². The fourth-order valence-corrected chi connectivity index (χ4v) is 5.25. The third kappa shape index (κ3) is 2.98. The average Bonchev–Trinajstić information content (AvgIpc) is 2.68. The summed E-state index contributed by atoms with van der Waals surface area (Å²) in [5, 5.41) is 11.7. The highest BCUT2D eigenvalue weighted by molar-refractivity contribution is 8.00. The summed E-state index contributed by atoms with van der Waals surface area (Å²) in [4.78, 5) is 0. The van der Waals surface area contributed by atoms with Gasteiger partial charge in [-0.2, -0.15) is 24.9 Å². The second-order valence-electron chi connectivity index (χ2n) is 5.96. The van der Waals surface area contributed by atoms with Crippen molar-refractivity contribution < 1.29 is 18.3 Å². The molecule has 2 saturated heterocycles. The van der Waals surface area contributed by atoms with E-state index in [4.69, 9.17) is 0 Å². The van der Waals surface area contributed by atoms with Gasteiger partial charge in [-0.1, -0.05) is 12.1 Å². The third-order valence-electron chi connectivity index (χ3n) is 4.23. The fourth-order valence-electron chi connectivity index (χ4n) is 3.35. The molecule has 20 heavy (non-hydrogen) atoms. The molecule has 2 aliphatic heterocycles. The van der Waals surface area contributed by atoms with Crippen molar-refractivity contribution >= 4 is 11.8 Å². The molecule has 0 saturated carbocycles. The van der Waals surface area contributed by atoms with Crippen LogP contribution in [0.2, 0.25) is 0 Å². The maximum Gasteiger partial charge on any atom is 0.416 e. The number of rotatable bonds is 2. The number of alkyl halides is 3. The Morgan fingerprint density at radius 2 is 1.65 bits per heavy atom. The Labute approximate surface area is 120 Å². The molecular weight excluding hydrogens is 285 g/mol. The second kappa shape index (κ2) is 4.95. The molecule has 1 N–H and O–H groups in total. The first kappa shape index (κ1) is 14.3. The van der Waals surface area contributed by atoms with Gasteiger partial charge in [0.2, 0.25) is 0 Å². The Kier molecular flexibility index (Phi) is 3.53. The SMILES string of the molecule is OC1(Cc2ccc(C(F)(F)F)cc2)CC2CCC(C1)S2. The molecule has 0 aliphatic carbocycles. The minimum absolute atomic E-state index is 0.457. The lowest BCUT2D eigenvalue weighted by molar-refractivity contribution is -0.137. The first-order valence-electron chi connectivity index (χ1n) is 6.88. The molecule has 2 atom stereocenters. The van der Waals surface area contributed by atoms with E-state index in [1.54, 1.807) is 0 Å². The van der Waals surface area contributed by atoms with Gasteiger partial charge in [-0.05, 0) is 43.4 Å². The highest BCUT2D eigenvalue weighted by Gasteiger charge is 2.43. The standard InChI is InChI=1S/C15H17F3OS/c16-15(17,18)11-3-1-10(2-4-11)7-14(19)8-12-5-6-13(9-14)20-12/h1-4,12-13,19H,5-9H2. The van der Waals surface area contributed by atoms with Crippen molar-refractivity contribution in [3.63, 3.8) is 0 Å². The van der Waals surface area contributed by atoms with Crippen LogP contribution in [0.5, 0.6) is 0 Å². The highest BCUT2D eigenvalue weighted by Crippen LogP contribution is 2.48. The van der Waals surface area contributed by atoms with Gasteiger partial charge < -0.3 is 5.11 Å². The van der Waals surface area contributed by atoms with Crippen LogP contribution in [0.25, 0.3) is 0 Å². The molecule has 110 valence electrons. The smallest absolute Gasteiger partial charge is 0.389 e. The van der Waals surface area contributed by atoms with Gasteiger partial charge in [-0.15, -0.1) is 0 Å². The summed E-state index contributed by atoms with van der Waals surface area (Å²) in [6.45, 7) is 0. The Morgan fingerprint density at radius 1 is 1.10 bits per heavy atom. The van der Waals surface area contributed by atoms with Crippen molar-refractivity contribution in [1.29, 1.82) is 0 Å². The predicted octanol–water partition coefficient (Wildman–Crippen LogP) is 4.04. The summed E-state index contributed by atoms with van der Waals surface area (Å²) in [6.07, 6.45) is -0.00555. The molecule has 5 heteroatoms. The van der Waals surface area contributed by atoms with Crippen LogP contribution in [0.1, 0.15) is 36.8 Å². The molecule has 0 aromatic heterocycles. The normalized spacial score (nSPS) is 33.4. The number of benzene rings is 1. The van der Waals surface area contributed by atoms with Gasteiger partial charge in [-0.3, -0.25) is 0 Å². The maximum absolute atomic E-state index is 12.5. The van der Waals surface area contributed by atoms with E-state index in [-0.39, 0.29) is 0 Å². The van der Waals surface area contributed by atoms with Gasteiger partial charge in [0.05, 0.1) is 11.2 Å². The van der Waals surface area contributed by atoms with Crippen LogP contribution in [0, 0.1) is 0 Å². The first-order chi connectivity index (χ1) is 9.34. The van der Waals surface area contributed by atoms with Crippen LogP contribution in [-0.2, 0) is 12.6 Å². The highest BCUT2D eigenvalue weighted by atomic mass is 32.2. The van der Waals surface area contributed by atoms with Crippen LogP contribution in [0.15, 0.2) is 24.3 Å². The molecule has 2 unspecified atom stereocenters. The van der Waals surface area contributed by atoms with E-state index >= 15 is 0 Å². The second-order valence-corrected chi connectivity index (χ2v) is 7.57. The monoisotopic (exact) mass is 302 g/mol. The van der Waals surface area contributed by atoms with Crippen LogP contribution < -0.4 is 0 Å². The summed E-state index contributed by atoms with van der Waals surface area (Å²) >= 11 is 1.96. The lowest BCUT2D eigenvalue weighted by Crippen LogP contribution is -2.39. The number of hydrogen-bond acceptors (Lipinski definition) is 2. The van der Waals surface area contributed by atoms with E-state index in [9.17, 15) is 18.3 Å². The van der Waals surface area contributed by atoms with Gasteiger partial charge in [0.15, 0.2) is 0 Å². The summed E-state index contributed by atoms with van der Waals surface area (Å²) < 4.78 is 37.5. The van der Waals surface area contributed by atoms with E-state index in [0.29, 0.717) is 16.9 Å². The van der Waals surface area contributed by atoms with Crippen LogP contribution >= 0.6 is 11.8 Å². The van der Waals surface area contributed by atoms with E-state index in [0.717, 1.165) is 43.4 Å². The van der Waals surface area contributed by atoms with Crippen molar-refractivity contribution in [3.05, 3.63) is 35.4 Å². The zero-order valence-electron chi connectivity index (χ0n) is 11.0. The van der Waals surface area contributed by atoms with Gasteiger partial charge in [0, 0.05) is 16.9 Å². The van der Waals surface area contributed by atoms with E-state index < -0.39 is 17.3 Å². The molecule has 1 aromatic carbocycles. The summed E-state index contributed by atoms with van der Waals surface area (Å²) in [5.74, 6) is 0. The lowest BCUT2D eigenvalue weighted by atomic mass is 9.86. The number of aliphatic hydroxyl groups is 1. The van der Waals surface area contributed by atoms with Crippen molar-refractivity contribution in [2.24, 2.45) is 0 Å². The quantitative estimate of drug-likeness (QED) is 0.890. The molecular formula is C15H17F3OS. The molecule has 2 bridgehead atoms. The maximum atomic E-state index is 12.5. The van der Waals surface area contributed by atoms with Crippen molar-refractivity contribution in [2.45, 2.75) is 54.4 Å². The minimum Gasteiger partial charge on any atom is -0.389 e. The fraction of sp³-hybridized carbons (Fsp3) is 0.600. The molecule has 0 spiro atoms. The zero-order valence-corrected chi connectivity index (χ0v) is 11.8. The predicted molar refractivity (Wildman–Crippen MR) is 73.7 cm³/mol. The molecule has 1 nitrogen and oxygen atoms in total. The average molecular weight is 302 g/mol. The summed E-state index contributed by atoms with van der Waals surface area (Å²) in [6, 6.07) is 5.19. The van der Waals surface area contributed by atoms with Gasteiger partial charge in [0.25, 0.3) is 0 Å². The van der Waals surface area contributed by atoms with Gasteiger partial charge in [0.1, 0.15) is 0 Å². The first-order valence-corrected chi connectivity index (χ1v) is 7.82. The molecule has 0 amide bonds. The van der Waals surface area contributed by atoms with E-state index in [1.807, 2.05) is 11.8 Å². The third-order valence-corrected chi connectivity index (χ3v) is 5.80. The Bertz CT molecular complexity index is 471. The van der Waals surface area contributed by atoms with Gasteiger partial charge in [-0.25, -0.2) is 0 Å².